The lowest BCUT2D eigenvalue weighted by Crippen LogP contribution is -2.32. The Balaban J connectivity index is 1.77. The van der Waals surface area contributed by atoms with E-state index in [-0.39, 0.29) is 5.91 Å². The van der Waals surface area contributed by atoms with Crippen LogP contribution in [0.4, 0.5) is 5.13 Å². The van der Waals surface area contributed by atoms with Crippen molar-refractivity contribution in [2.45, 2.75) is 40.7 Å². The van der Waals surface area contributed by atoms with Gasteiger partial charge in [-0.05, 0) is 61.6 Å². The fourth-order valence-electron chi connectivity index (χ4n) is 4.14. The number of fused-ring (bicyclic) bond motifs is 1. The summed E-state index contributed by atoms with van der Waals surface area (Å²) in [5, 5.41) is 0.698. The maximum atomic E-state index is 13.7. The molecule has 1 heterocycles. The quantitative estimate of drug-likeness (QED) is 0.350. The third-order valence-electron chi connectivity index (χ3n) is 5.80. The second kappa shape index (κ2) is 9.13. The Bertz CT molecular complexity index is 1250. The number of nitrogens with zero attached hydrogens (tertiary/aromatic N) is 2. The highest BCUT2D eigenvalue weighted by Gasteiger charge is 2.23. The summed E-state index contributed by atoms with van der Waals surface area (Å²) in [6.07, 6.45) is 0.344. The summed E-state index contributed by atoms with van der Waals surface area (Å²) >= 11 is 1.54. The van der Waals surface area contributed by atoms with Gasteiger partial charge >= 0.3 is 0 Å². The Morgan fingerprint density at radius 1 is 0.969 bits per heavy atom. The van der Waals surface area contributed by atoms with E-state index in [4.69, 9.17) is 9.72 Å². The van der Waals surface area contributed by atoms with Crippen LogP contribution in [0.3, 0.4) is 0 Å². The summed E-state index contributed by atoms with van der Waals surface area (Å²) in [6, 6.07) is 18.3. The number of carbonyl (C=O) groups is 1. The molecule has 0 aliphatic carbocycles. The van der Waals surface area contributed by atoms with Crippen LogP contribution in [-0.2, 0) is 17.8 Å². The van der Waals surface area contributed by atoms with Crippen molar-refractivity contribution < 1.29 is 9.53 Å². The monoisotopic (exact) mass is 444 g/mol. The van der Waals surface area contributed by atoms with E-state index in [1.807, 2.05) is 47.4 Å². The minimum atomic E-state index is 0.0413. The number of thiazole rings is 1. The van der Waals surface area contributed by atoms with Crippen molar-refractivity contribution in [3.05, 3.63) is 88.0 Å². The number of benzene rings is 3. The van der Waals surface area contributed by atoms with Crippen molar-refractivity contribution in [1.82, 2.24) is 4.98 Å². The number of aromatic nitrogens is 1. The van der Waals surface area contributed by atoms with Crippen LogP contribution >= 0.6 is 11.3 Å². The summed E-state index contributed by atoms with van der Waals surface area (Å²) in [4.78, 5) is 20.4. The third-order valence-corrected chi connectivity index (χ3v) is 7.01. The summed E-state index contributed by atoms with van der Waals surface area (Å²) < 4.78 is 6.58. The van der Waals surface area contributed by atoms with Gasteiger partial charge in [-0.15, -0.1) is 0 Å². The number of methoxy groups -OCH3 is 1. The first-order valence-corrected chi connectivity index (χ1v) is 11.5. The normalized spacial score (nSPS) is 11.0. The minimum absolute atomic E-state index is 0.0413. The minimum Gasteiger partial charge on any atom is -0.494 e. The molecule has 1 aromatic heterocycles. The molecule has 4 aromatic rings. The summed E-state index contributed by atoms with van der Waals surface area (Å²) in [7, 11) is 1.65. The number of ether oxygens (including phenoxy) is 1. The number of aryl methyl sites for hydroxylation is 4. The standard InChI is InChI=1S/C27H28N2O2S/c1-17-13-19(3)22(20(4)14-17)15-24(30)29(16-21-9-7-6-8-10-21)27-28-25-23(31-5)12-11-18(2)26(25)32-27/h6-14H,15-16H2,1-5H3. The molecule has 0 bridgehead atoms. The highest BCUT2D eigenvalue weighted by Crippen LogP contribution is 2.37. The summed E-state index contributed by atoms with van der Waals surface area (Å²) in [5.41, 5.74) is 7.61. The van der Waals surface area contributed by atoms with Crippen molar-refractivity contribution in [3.63, 3.8) is 0 Å². The molecule has 3 aromatic carbocycles. The Hall–Kier alpha value is -3.18. The predicted octanol–water partition coefficient (Wildman–Crippen LogP) is 6.31. The first kappa shape index (κ1) is 22.0. The van der Waals surface area contributed by atoms with Gasteiger partial charge in [0, 0.05) is 0 Å². The number of rotatable bonds is 6. The Morgan fingerprint density at radius 2 is 1.66 bits per heavy atom. The average Bonchev–Trinajstić information content (AvgIpc) is 3.21. The molecule has 0 aliphatic heterocycles. The van der Waals surface area contributed by atoms with Crippen LogP contribution in [0.1, 0.15) is 33.4 Å². The van der Waals surface area contributed by atoms with E-state index in [0.29, 0.717) is 18.1 Å². The molecule has 164 valence electrons. The van der Waals surface area contributed by atoms with Crippen molar-refractivity contribution >= 4 is 32.6 Å². The van der Waals surface area contributed by atoms with Gasteiger partial charge in [-0.1, -0.05) is 65.4 Å². The molecule has 0 radical (unpaired) electrons. The first-order valence-electron chi connectivity index (χ1n) is 10.7. The highest BCUT2D eigenvalue weighted by atomic mass is 32.1. The average molecular weight is 445 g/mol. The Kier molecular flexibility index (Phi) is 6.28. The zero-order chi connectivity index (χ0) is 22.8. The second-order valence-electron chi connectivity index (χ2n) is 8.28. The molecule has 0 unspecified atom stereocenters. The van der Waals surface area contributed by atoms with Crippen LogP contribution < -0.4 is 9.64 Å². The zero-order valence-electron chi connectivity index (χ0n) is 19.2. The van der Waals surface area contributed by atoms with E-state index < -0.39 is 0 Å². The van der Waals surface area contributed by atoms with Crippen LogP contribution in [0.15, 0.2) is 54.6 Å². The molecule has 0 saturated heterocycles. The van der Waals surface area contributed by atoms with Crippen LogP contribution in [0.25, 0.3) is 10.2 Å². The van der Waals surface area contributed by atoms with Crippen molar-refractivity contribution in [2.75, 3.05) is 12.0 Å². The van der Waals surface area contributed by atoms with Gasteiger partial charge in [0.05, 0.1) is 24.8 Å². The van der Waals surface area contributed by atoms with Crippen LogP contribution in [0, 0.1) is 27.7 Å². The van der Waals surface area contributed by atoms with Gasteiger partial charge in [0.2, 0.25) is 5.91 Å². The smallest absolute Gasteiger partial charge is 0.233 e. The molecule has 0 saturated carbocycles. The molecule has 0 atom stereocenters. The molecule has 4 rings (SSSR count). The van der Waals surface area contributed by atoms with Crippen LogP contribution in [0.2, 0.25) is 0 Å². The lowest BCUT2D eigenvalue weighted by atomic mass is 9.97. The molecule has 0 fully saturated rings. The second-order valence-corrected chi connectivity index (χ2v) is 9.26. The van der Waals surface area contributed by atoms with Gasteiger partial charge in [0.1, 0.15) is 11.3 Å². The van der Waals surface area contributed by atoms with Gasteiger partial charge in [-0.25, -0.2) is 4.98 Å². The lowest BCUT2D eigenvalue weighted by Gasteiger charge is -2.21. The summed E-state index contributed by atoms with van der Waals surface area (Å²) in [5.74, 6) is 0.769. The van der Waals surface area contributed by atoms with E-state index in [1.54, 1.807) is 18.4 Å². The maximum Gasteiger partial charge on any atom is 0.233 e. The van der Waals surface area contributed by atoms with E-state index in [2.05, 4.69) is 39.8 Å². The molecule has 4 nitrogen and oxygen atoms in total. The molecule has 0 aliphatic rings. The SMILES string of the molecule is COc1ccc(C)c2sc(N(Cc3ccccc3)C(=O)Cc3c(C)cc(C)cc3C)nc12. The Labute approximate surface area is 193 Å². The van der Waals surface area contributed by atoms with E-state index in [9.17, 15) is 4.79 Å². The lowest BCUT2D eigenvalue weighted by molar-refractivity contribution is -0.118. The number of hydrogen-bond acceptors (Lipinski definition) is 4. The fourth-order valence-corrected chi connectivity index (χ4v) is 5.21. The van der Waals surface area contributed by atoms with Gasteiger partial charge in [-0.2, -0.15) is 0 Å². The number of hydrogen-bond donors (Lipinski definition) is 0. The number of amides is 1. The van der Waals surface area contributed by atoms with Crippen LogP contribution in [0.5, 0.6) is 5.75 Å². The maximum absolute atomic E-state index is 13.7. The molecule has 0 N–H and O–H groups in total. The summed E-state index contributed by atoms with van der Waals surface area (Å²) in [6.45, 7) is 8.78. The first-order chi connectivity index (χ1) is 15.4. The van der Waals surface area contributed by atoms with E-state index in [0.717, 1.165) is 43.8 Å². The molecular formula is C27H28N2O2S. The largest absolute Gasteiger partial charge is 0.494 e. The molecule has 0 spiro atoms. The molecular weight excluding hydrogens is 416 g/mol. The van der Waals surface area contributed by atoms with Crippen molar-refractivity contribution in [1.29, 1.82) is 0 Å². The zero-order valence-corrected chi connectivity index (χ0v) is 20.0. The third kappa shape index (κ3) is 4.39. The molecule has 32 heavy (non-hydrogen) atoms. The topological polar surface area (TPSA) is 42.4 Å². The van der Waals surface area contributed by atoms with Crippen LogP contribution in [-0.4, -0.2) is 18.0 Å². The van der Waals surface area contributed by atoms with Crippen molar-refractivity contribution in [3.8, 4) is 5.75 Å². The van der Waals surface area contributed by atoms with Gasteiger partial charge < -0.3 is 4.74 Å². The molecule has 5 heteroatoms. The van der Waals surface area contributed by atoms with E-state index in [1.165, 1.54) is 5.56 Å². The van der Waals surface area contributed by atoms with Gasteiger partial charge in [0.15, 0.2) is 5.13 Å². The van der Waals surface area contributed by atoms with Crippen molar-refractivity contribution in [2.24, 2.45) is 0 Å². The van der Waals surface area contributed by atoms with E-state index >= 15 is 0 Å². The predicted molar refractivity (Wildman–Crippen MR) is 133 cm³/mol. The van der Waals surface area contributed by atoms with Gasteiger partial charge in [0.25, 0.3) is 0 Å². The molecule has 1 amide bonds. The Morgan fingerprint density at radius 3 is 2.31 bits per heavy atom. The van der Waals surface area contributed by atoms with Gasteiger partial charge in [-0.3, -0.25) is 9.69 Å². The highest BCUT2D eigenvalue weighted by molar-refractivity contribution is 7.22. The fraction of sp³-hybridized carbons (Fsp3) is 0.259. The number of carbonyl (C=O) groups excluding carboxylic acids is 1. The number of anilines is 1.